The molecule has 0 aliphatic heterocycles. The highest BCUT2D eigenvalue weighted by molar-refractivity contribution is 7.90. The van der Waals surface area contributed by atoms with Gasteiger partial charge in [-0.25, -0.2) is 21.6 Å². The number of hydrogen-bond donors (Lipinski definition) is 1. The summed E-state index contributed by atoms with van der Waals surface area (Å²) in [6.45, 7) is 4.04. The number of nitrogens with zero attached hydrogens (tertiary/aromatic N) is 2. The summed E-state index contributed by atoms with van der Waals surface area (Å²) in [5.41, 5.74) is 1.02. The number of carbonyl (C=O) groups is 1. The van der Waals surface area contributed by atoms with E-state index >= 15 is 0 Å². The minimum atomic E-state index is -3.80. The van der Waals surface area contributed by atoms with E-state index in [1.165, 1.54) is 53.4 Å². The lowest BCUT2D eigenvalue weighted by atomic mass is 10.1. The molecule has 1 amide bonds. The Bertz CT molecular complexity index is 1850. The zero-order chi connectivity index (χ0) is 30.5. The third-order valence-electron chi connectivity index (χ3n) is 6.10. The van der Waals surface area contributed by atoms with Crippen molar-refractivity contribution in [2.45, 2.75) is 23.6 Å². The smallest absolute Gasteiger partial charge is 0.262 e. The second-order valence-corrected chi connectivity index (χ2v) is 13.7. The Labute approximate surface area is 246 Å². The molecule has 0 aliphatic carbocycles. The fourth-order valence-electron chi connectivity index (χ4n) is 3.95. The van der Waals surface area contributed by atoms with Crippen molar-refractivity contribution in [1.82, 2.24) is 4.72 Å². The van der Waals surface area contributed by atoms with E-state index in [9.17, 15) is 26.9 Å². The SMILES string of the molecule is CC(C)CNS(=O)(=O)c1ccc(N(C(=O)c2ccccc2)c2cc(S(C)(=O)=O)ccc2Oc2cccc(C#N)c2)cc1. The van der Waals surface area contributed by atoms with Gasteiger partial charge in [0.25, 0.3) is 5.91 Å². The van der Waals surface area contributed by atoms with Crippen molar-refractivity contribution in [1.29, 1.82) is 5.26 Å². The number of nitriles is 1. The number of rotatable bonds is 10. The van der Waals surface area contributed by atoms with Gasteiger partial charge in [0.2, 0.25) is 10.0 Å². The quantitative estimate of drug-likeness (QED) is 0.247. The Balaban J connectivity index is 1.89. The molecule has 0 fully saturated rings. The summed E-state index contributed by atoms with van der Waals surface area (Å²) in [7, 11) is -7.50. The van der Waals surface area contributed by atoms with E-state index in [0.29, 0.717) is 16.9 Å². The van der Waals surface area contributed by atoms with Crippen molar-refractivity contribution in [3.8, 4) is 17.6 Å². The van der Waals surface area contributed by atoms with Gasteiger partial charge >= 0.3 is 0 Å². The van der Waals surface area contributed by atoms with Crippen molar-refractivity contribution in [2.24, 2.45) is 5.92 Å². The van der Waals surface area contributed by atoms with Crippen LogP contribution in [-0.4, -0.2) is 35.5 Å². The maximum Gasteiger partial charge on any atom is 0.262 e. The first-order valence-electron chi connectivity index (χ1n) is 12.9. The summed E-state index contributed by atoms with van der Waals surface area (Å²) < 4.78 is 59.4. The van der Waals surface area contributed by atoms with Gasteiger partial charge in [0.15, 0.2) is 15.6 Å². The zero-order valence-corrected chi connectivity index (χ0v) is 24.8. The van der Waals surface area contributed by atoms with E-state index in [2.05, 4.69) is 4.72 Å². The molecule has 0 unspecified atom stereocenters. The number of nitrogens with one attached hydrogen (secondary N) is 1. The van der Waals surface area contributed by atoms with Crippen LogP contribution >= 0.6 is 0 Å². The Hall–Kier alpha value is -4.50. The molecule has 0 saturated carbocycles. The Morgan fingerprint density at radius 3 is 2.17 bits per heavy atom. The summed E-state index contributed by atoms with van der Waals surface area (Å²) in [5, 5.41) is 9.31. The van der Waals surface area contributed by atoms with Gasteiger partial charge in [-0.1, -0.05) is 38.1 Å². The maximum absolute atomic E-state index is 14.0. The van der Waals surface area contributed by atoms with Crippen LogP contribution in [0.5, 0.6) is 11.5 Å². The lowest BCUT2D eigenvalue weighted by Gasteiger charge is -2.26. The minimum Gasteiger partial charge on any atom is -0.455 e. The predicted octanol–water partition coefficient (Wildman–Crippen LogP) is 5.67. The summed E-state index contributed by atoms with van der Waals surface area (Å²) >= 11 is 0. The van der Waals surface area contributed by atoms with Crippen LogP contribution in [0.2, 0.25) is 0 Å². The van der Waals surface area contributed by atoms with Gasteiger partial charge in [0.1, 0.15) is 5.75 Å². The van der Waals surface area contributed by atoms with E-state index in [1.807, 2.05) is 19.9 Å². The number of amides is 1. The van der Waals surface area contributed by atoms with E-state index < -0.39 is 25.8 Å². The molecular formula is C31H29N3O6S2. The summed E-state index contributed by atoms with van der Waals surface area (Å²) in [4.78, 5) is 15.2. The molecule has 0 aromatic heterocycles. The van der Waals surface area contributed by atoms with Crippen LogP contribution in [-0.2, 0) is 19.9 Å². The van der Waals surface area contributed by atoms with Gasteiger partial charge in [-0.3, -0.25) is 9.69 Å². The number of carbonyl (C=O) groups excluding carboxylic acids is 1. The highest BCUT2D eigenvalue weighted by atomic mass is 32.2. The van der Waals surface area contributed by atoms with Gasteiger partial charge in [-0.05, 0) is 78.7 Å². The predicted molar refractivity (Wildman–Crippen MR) is 160 cm³/mol. The number of hydrogen-bond acceptors (Lipinski definition) is 7. The molecule has 0 radical (unpaired) electrons. The standard InChI is InChI=1S/C31H29N3O6S2/c1-22(2)21-33-42(38,39)27-14-12-25(13-15-27)34(31(35)24-9-5-4-6-10-24)29-19-28(41(3,36)37)16-17-30(29)40-26-11-7-8-23(18-26)20-32/h4-19,22,33H,21H2,1-3H3. The van der Waals surface area contributed by atoms with E-state index in [-0.39, 0.29) is 39.4 Å². The molecule has 216 valence electrons. The van der Waals surface area contributed by atoms with Crippen LogP contribution in [0.4, 0.5) is 11.4 Å². The Morgan fingerprint density at radius 2 is 1.55 bits per heavy atom. The van der Waals surface area contributed by atoms with Crippen molar-refractivity contribution in [3.05, 3.63) is 108 Å². The van der Waals surface area contributed by atoms with E-state index in [1.54, 1.807) is 48.5 Å². The van der Waals surface area contributed by atoms with Crippen molar-refractivity contribution in [3.63, 3.8) is 0 Å². The van der Waals surface area contributed by atoms with Gasteiger partial charge in [-0.2, -0.15) is 5.26 Å². The van der Waals surface area contributed by atoms with Crippen molar-refractivity contribution >= 4 is 37.1 Å². The third kappa shape index (κ3) is 7.22. The summed E-state index contributed by atoms with van der Waals surface area (Å²) in [6.07, 6.45) is 1.05. The molecule has 0 atom stereocenters. The lowest BCUT2D eigenvalue weighted by Crippen LogP contribution is -2.28. The monoisotopic (exact) mass is 603 g/mol. The topological polar surface area (TPSA) is 134 Å². The molecule has 0 bridgehead atoms. The molecule has 0 spiro atoms. The third-order valence-corrected chi connectivity index (χ3v) is 8.65. The summed E-state index contributed by atoms with van der Waals surface area (Å²) in [5.74, 6) is 0.0297. The number of ether oxygens (including phenoxy) is 1. The van der Waals surface area contributed by atoms with Crippen molar-refractivity contribution < 1.29 is 26.4 Å². The minimum absolute atomic E-state index is 0.00805. The molecule has 9 nitrogen and oxygen atoms in total. The second-order valence-electron chi connectivity index (χ2n) is 9.89. The Kier molecular flexibility index (Phi) is 9.11. The van der Waals surface area contributed by atoms with Crippen LogP contribution in [0, 0.1) is 17.2 Å². The fourth-order valence-corrected chi connectivity index (χ4v) is 5.81. The zero-order valence-electron chi connectivity index (χ0n) is 23.2. The first-order valence-corrected chi connectivity index (χ1v) is 16.3. The van der Waals surface area contributed by atoms with Gasteiger partial charge in [0.05, 0.1) is 27.1 Å². The molecule has 4 rings (SSSR count). The van der Waals surface area contributed by atoms with Crippen LogP contribution in [0.1, 0.15) is 29.8 Å². The highest BCUT2D eigenvalue weighted by Gasteiger charge is 2.26. The van der Waals surface area contributed by atoms with E-state index in [4.69, 9.17) is 4.74 Å². The number of sulfonamides is 1. The maximum atomic E-state index is 14.0. The molecule has 0 saturated heterocycles. The molecule has 4 aromatic carbocycles. The van der Waals surface area contributed by atoms with Gasteiger partial charge < -0.3 is 4.74 Å². The normalized spacial score (nSPS) is 11.6. The molecule has 11 heteroatoms. The first-order chi connectivity index (χ1) is 19.9. The Morgan fingerprint density at radius 1 is 0.881 bits per heavy atom. The molecule has 0 heterocycles. The molecule has 42 heavy (non-hydrogen) atoms. The average molecular weight is 604 g/mol. The number of benzene rings is 4. The second kappa shape index (κ2) is 12.6. The van der Waals surface area contributed by atoms with E-state index in [0.717, 1.165) is 6.26 Å². The molecule has 1 N–H and O–H groups in total. The lowest BCUT2D eigenvalue weighted by molar-refractivity contribution is 0.0998. The number of anilines is 2. The molecule has 0 aliphatic rings. The summed E-state index contributed by atoms with van der Waals surface area (Å²) in [6, 6.07) is 26.6. The molecule has 4 aromatic rings. The van der Waals surface area contributed by atoms with Crippen molar-refractivity contribution in [2.75, 3.05) is 17.7 Å². The van der Waals surface area contributed by atoms with Crippen LogP contribution < -0.4 is 14.4 Å². The van der Waals surface area contributed by atoms with Crippen LogP contribution in [0.25, 0.3) is 0 Å². The number of sulfone groups is 1. The fraction of sp³-hybridized carbons (Fsp3) is 0.161. The van der Waals surface area contributed by atoms with Crippen LogP contribution in [0.15, 0.2) is 107 Å². The van der Waals surface area contributed by atoms with Crippen LogP contribution in [0.3, 0.4) is 0 Å². The first kappa shape index (κ1) is 30.5. The largest absolute Gasteiger partial charge is 0.455 e. The van der Waals surface area contributed by atoms with Gasteiger partial charge in [0, 0.05) is 24.1 Å². The highest BCUT2D eigenvalue weighted by Crippen LogP contribution is 2.39. The average Bonchev–Trinajstić information content (AvgIpc) is 2.97. The molecular weight excluding hydrogens is 574 g/mol. The van der Waals surface area contributed by atoms with Gasteiger partial charge in [-0.15, -0.1) is 0 Å².